The van der Waals surface area contributed by atoms with Crippen LogP contribution in [-0.2, 0) is 0 Å². The predicted octanol–water partition coefficient (Wildman–Crippen LogP) is 5.49. The molecule has 2 heterocycles. The SMILES string of the molecule is Cc1cc(C)cc(N2c3ncc(-c4c(C)cccc4C)nc3N(c3ccccc3N)C2N)c1. The van der Waals surface area contributed by atoms with E-state index in [4.69, 9.17) is 21.4 Å². The predicted molar refractivity (Wildman–Crippen MR) is 136 cm³/mol. The Morgan fingerprint density at radius 1 is 0.788 bits per heavy atom. The average Bonchev–Trinajstić information content (AvgIpc) is 3.04. The van der Waals surface area contributed by atoms with E-state index >= 15 is 0 Å². The van der Waals surface area contributed by atoms with E-state index < -0.39 is 6.29 Å². The fourth-order valence-corrected chi connectivity index (χ4v) is 4.74. The number of para-hydroxylation sites is 2. The van der Waals surface area contributed by atoms with Crippen molar-refractivity contribution in [2.24, 2.45) is 5.73 Å². The first kappa shape index (κ1) is 21.0. The molecule has 33 heavy (non-hydrogen) atoms. The summed E-state index contributed by atoms with van der Waals surface area (Å²) in [5, 5.41) is 0. The number of hydrogen-bond donors (Lipinski definition) is 2. The van der Waals surface area contributed by atoms with Gasteiger partial charge in [0.15, 0.2) is 17.9 Å². The van der Waals surface area contributed by atoms with Crippen molar-refractivity contribution in [1.82, 2.24) is 9.97 Å². The van der Waals surface area contributed by atoms with Crippen LogP contribution in [0.1, 0.15) is 22.3 Å². The van der Waals surface area contributed by atoms with Crippen molar-refractivity contribution in [1.29, 1.82) is 0 Å². The average molecular weight is 437 g/mol. The van der Waals surface area contributed by atoms with Gasteiger partial charge in [0.25, 0.3) is 0 Å². The molecule has 4 aromatic rings. The molecule has 1 aliphatic rings. The van der Waals surface area contributed by atoms with Gasteiger partial charge in [-0.3, -0.25) is 15.5 Å². The van der Waals surface area contributed by atoms with Crippen LogP contribution in [0.4, 0.5) is 28.7 Å². The molecule has 3 aromatic carbocycles. The van der Waals surface area contributed by atoms with Crippen molar-refractivity contribution in [3.8, 4) is 11.3 Å². The lowest BCUT2D eigenvalue weighted by Gasteiger charge is -2.29. The number of fused-ring (bicyclic) bond motifs is 1. The first-order chi connectivity index (χ1) is 15.8. The number of aromatic nitrogens is 2. The lowest BCUT2D eigenvalue weighted by molar-refractivity contribution is 0.720. The third-order valence-corrected chi connectivity index (χ3v) is 6.14. The van der Waals surface area contributed by atoms with Gasteiger partial charge >= 0.3 is 0 Å². The topological polar surface area (TPSA) is 84.3 Å². The smallest absolute Gasteiger partial charge is 0.180 e. The van der Waals surface area contributed by atoms with E-state index in [0.29, 0.717) is 17.3 Å². The van der Waals surface area contributed by atoms with E-state index in [1.807, 2.05) is 40.3 Å². The molecule has 0 bridgehead atoms. The summed E-state index contributed by atoms with van der Waals surface area (Å²) in [6, 6.07) is 20.4. The van der Waals surface area contributed by atoms with Crippen LogP contribution in [-0.4, -0.2) is 16.3 Å². The Balaban J connectivity index is 1.74. The highest BCUT2D eigenvalue weighted by Crippen LogP contribution is 2.46. The molecule has 0 saturated carbocycles. The summed E-state index contributed by atoms with van der Waals surface area (Å²) in [6.07, 6.45) is 1.30. The second-order valence-corrected chi connectivity index (χ2v) is 8.73. The maximum atomic E-state index is 6.87. The summed E-state index contributed by atoms with van der Waals surface area (Å²) in [4.78, 5) is 14.0. The van der Waals surface area contributed by atoms with E-state index in [0.717, 1.165) is 44.9 Å². The molecule has 0 fully saturated rings. The minimum Gasteiger partial charge on any atom is -0.397 e. The number of nitrogen functional groups attached to an aromatic ring is 1. The summed E-state index contributed by atoms with van der Waals surface area (Å²) in [5.41, 5.74) is 22.2. The maximum Gasteiger partial charge on any atom is 0.180 e. The van der Waals surface area contributed by atoms with Gasteiger partial charge < -0.3 is 5.73 Å². The third kappa shape index (κ3) is 3.49. The van der Waals surface area contributed by atoms with Crippen molar-refractivity contribution in [3.05, 3.63) is 89.1 Å². The monoisotopic (exact) mass is 436 g/mol. The minimum absolute atomic E-state index is 0.542. The van der Waals surface area contributed by atoms with E-state index in [1.54, 1.807) is 0 Å². The lowest BCUT2D eigenvalue weighted by atomic mass is 10.0. The second-order valence-electron chi connectivity index (χ2n) is 8.73. The van der Waals surface area contributed by atoms with Crippen molar-refractivity contribution in [2.75, 3.05) is 15.5 Å². The van der Waals surface area contributed by atoms with E-state index in [-0.39, 0.29) is 0 Å². The first-order valence-electron chi connectivity index (χ1n) is 11.1. The van der Waals surface area contributed by atoms with Gasteiger partial charge in [0.2, 0.25) is 0 Å². The molecular formula is C27H28N6. The van der Waals surface area contributed by atoms with Crippen LogP contribution >= 0.6 is 0 Å². The van der Waals surface area contributed by atoms with Crippen molar-refractivity contribution in [2.45, 2.75) is 34.0 Å². The highest BCUT2D eigenvalue weighted by Gasteiger charge is 2.39. The van der Waals surface area contributed by atoms with Gasteiger partial charge in [0, 0.05) is 11.3 Å². The number of anilines is 5. The fraction of sp³-hybridized carbons (Fsp3) is 0.185. The van der Waals surface area contributed by atoms with Gasteiger partial charge in [-0.05, 0) is 74.2 Å². The van der Waals surface area contributed by atoms with Crippen LogP contribution in [0.15, 0.2) is 66.9 Å². The quantitative estimate of drug-likeness (QED) is 0.413. The number of aryl methyl sites for hydroxylation is 4. The van der Waals surface area contributed by atoms with Gasteiger partial charge in [-0.15, -0.1) is 0 Å². The zero-order valence-electron chi connectivity index (χ0n) is 19.4. The highest BCUT2D eigenvalue weighted by atomic mass is 15.5. The normalized spacial score (nSPS) is 15.1. The molecule has 1 atom stereocenters. The lowest BCUT2D eigenvalue weighted by Crippen LogP contribution is -2.46. The standard InChI is InChI=1S/C27H28N6/c1-16-12-17(2)14-20(13-16)32-25-26(33(27(32)29)23-11-6-5-10-21(23)28)31-22(15-30-25)24-18(3)8-7-9-19(24)4/h5-15,27H,28-29H2,1-4H3. The van der Waals surface area contributed by atoms with E-state index in [9.17, 15) is 0 Å². The Hall–Kier alpha value is -3.90. The molecule has 1 unspecified atom stereocenters. The van der Waals surface area contributed by atoms with Gasteiger partial charge in [-0.2, -0.15) is 0 Å². The minimum atomic E-state index is -0.542. The second kappa shape index (κ2) is 7.90. The third-order valence-electron chi connectivity index (χ3n) is 6.14. The Kier molecular flexibility index (Phi) is 5.02. The van der Waals surface area contributed by atoms with Crippen molar-refractivity contribution in [3.63, 3.8) is 0 Å². The molecule has 0 saturated heterocycles. The number of hydrogen-bond acceptors (Lipinski definition) is 6. The van der Waals surface area contributed by atoms with E-state index in [2.05, 4.69) is 64.1 Å². The van der Waals surface area contributed by atoms with Gasteiger partial charge in [-0.25, -0.2) is 9.97 Å². The molecule has 0 amide bonds. The Morgan fingerprint density at radius 3 is 2.12 bits per heavy atom. The summed E-state index contributed by atoms with van der Waals surface area (Å²) in [5.74, 6) is 1.41. The Morgan fingerprint density at radius 2 is 1.45 bits per heavy atom. The molecule has 1 aliphatic heterocycles. The Bertz CT molecular complexity index is 1320. The first-order valence-corrected chi connectivity index (χ1v) is 11.1. The molecule has 0 radical (unpaired) electrons. The molecule has 0 spiro atoms. The van der Waals surface area contributed by atoms with E-state index in [1.165, 1.54) is 0 Å². The molecule has 1 aromatic heterocycles. The van der Waals surface area contributed by atoms with Crippen LogP contribution < -0.4 is 21.3 Å². The summed E-state index contributed by atoms with van der Waals surface area (Å²) >= 11 is 0. The highest BCUT2D eigenvalue weighted by molar-refractivity contribution is 5.88. The van der Waals surface area contributed by atoms with Gasteiger partial charge in [0.1, 0.15) is 0 Å². The zero-order chi connectivity index (χ0) is 23.3. The van der Waals surface area contributed by atoms with Crippen LogP contribution in [0, 0.1) is 27.7 Å². The molecule has 4 N–H and O–H groups in total. The van der Waals surface area contributed by atoms with Crippen molar-refractivity contribution < 1.29 is 0 Å². The molecule has 6 heteroatoms. The molecular weight excluding hydrogens is 408 g/mol. The molecule has 166 valence electrons. The molecule has 0 aliphatic carbocycles. The zero-order valence-corrected chi connectivity index (χ0v) is 19.4. The number of rotatable bonds is 3. The number of nitrogens with zero attached hydrogens (tertiary/aromatic N) is 4. The van der Waals surface area contributed by atoms with Gasteiger partial charge in [-0.1, -0.05) is 36.4 Å². The van der Waals surface area contributed by atoms with Crippen LogP contribution in [0.2, 0.25) is 0 Å². The largest absolute Gasteiger partial charge is 0.397 e. The molecule has 6 nitrogen and oxygen atoms in total. The maximum absolute atomic E-state index is 6.87. The fourth-order valence-electron chi connectivity index (χ4n) is 4.74. The molecule has 5 rings (SSSR count). The Labute approximate surface area is 194 Å². The number of nitrogens with two attached hydrogens (primary N) is 2. The van der Waals surface area contributed by atoms with Gasteiger partial charge in [0.05, 0.1) is 23.3 Å². The van der Waals surface area contributed by atoms with Crippen LogP contribution in [0.5, 0.6) is 0 Å². The summed E-state index contributed by atoms with van der Waals surface area (Å²) in [7, 11) is 0. The van der Waals surface area contributed by atoms with Crippen molar-refractivity contribution >= 4 is 28.7 Å². The number of benzene rings is 3. The summed E-state index contributed by atoms with van der Waals surface area (Å²) < 4.78 is 0. The summed E-state index contributed by atoms with van der Waals surface area (Å²) in [6.45, 7) is 8.36. The van der Waals surface area contributed by atoms with Crippen LogP contribution in [0.3, 0.4) is 0 Å². The van der Waals surface area contributed by atoms with Crippen LogP contribution in [0.25, 0.3) is 11.3 Å².